The summed E-state index contributed by atoms with van der Waals surface area (Å²) < 4.78 is 3.14. The number of aromatic nitrogens is 4. The molecule has 2 aromatic heterocycles. The molecule has 4 aromatic rings. The van der Waals surface area contributed by atoms with Crippen LogP contribution in [0.3, 0.4) is 0 Å². The molecule has 1 aliphatic heterocycles. The molecule has 1 aliphatic rings. The number of nitrogens with zero attached hydrogens (tertiary/aromatic N) is 7. The van der Waals surface area contributed by atoms with Crippen LogP contribution in [0.5, 0.6) is 5.75 Å². The topological polar surface area (TPSA) is 141 Å². The number of fused-ring (bicyclic) bond motifs is 1. The van der Waals surface area contributed by atoms with E-state index in [0.29, 0.717) is 58.7 Å². The Morgan fingerprint density at radius 1 is 1.16 bits per heavy atom. The lowest BCUT2D eigenvalue weighted by molar-refractivity contribution is -0.136. The number of aliphatic hydroxyl groups excluding tert-OH is 1. The first kappa shape index (κ1) is 25.0. The van der Waals surface area contributed by atoms with Gasteiger partial charge in [-0.3, -0.25) is 19.0 Å². The summed E-state index contributed by atoms with van der Waals surface area (Å²) in [4.78, 5) is 37.6. The summed E-state index contributed by atoms with van der Waals surface area (Å²) in [6, 6.07) is 12.5. The van der Waals surface area contributed by atoms with E-state index in [4.69, 9.17) is 0 Å². The molecule has 11 heteroatoms. The zero-order valence-corrected chi connectivity index (χ0v) is 21.1. The second-order valence-corrected chi connectivity index (χ2v) is 9.32. The molecule has 2 aromatic carbocycles. The molecule has 3 heterocycles. The van der Waals surface area contributed by atoms with E-state index in [9.17, 15) is 25.1 Å². The van der Waals surface area contributed by atoms with Gasteiger partial charge in [-0.1, -0.05) is 24.3 Å². The lowest BCUT2D eigenvalue weighted by atomic mass is 10.00. The van der Waals surface area contributed by atoms with Gasteiger partial charge in [-0.25, -0.2) is 9.97 Å². The smallest absolute Gasteiger partial charge is 0.274 e. The molecule has 0 spiro atoms. The SMILES string of the molecule is C[C@@H]1CN(c2ncc(-c3ccc4c(=O)n(C)n(Cc5ccccc5O)c4c3C#N)cn2)CCN1C(=O)CO. The van der Waals surface area contributed by atoms with Crippen molar-refractivity contribution in [2.75, 3.05) is 31.1 Å². The predicted octanol–water partition coefficient (Wildman–Crippen LogP) is 1.45. The van der Waals surface area contributed by atoms with Crippen molar-refractivity contribution in [1.29, 1.82) is 5.26 Å². The van der Waals surface area contributed by atoms with Crippen LogP contribution in [-0.2, 0) is 18.4 Å². The zero-order valence-electron chi connectivity index (χ0n) is 21.1. The predicted molar refractivity (Wildman–Crippen MR) is 141 cm³/mol. The maximum absolute atomic E-state index is 13.0. The highest BCUT2D eigenvalue weighted by Gasteiger charge is 2.28. The van der Waals surface area contributed by atoms with E-state index in [1.54, 1.807) is 65.4 Å². The normalized spacial score (nSPS) is 15.6. The van der Waals surface area contributed by atoms with Gasteiger partial charge < -0.3 is 20.0 Å². The highest BCUT2D eigenvalue weighted by Crippen LogP contribution is 2.30. The van der Waals surface area contributed by atoms with Crippen molar-refractivity contribution in [3.05, 3.63) is 70.3 Å². The van der Waals surface area contributed by atoms with Gasteiger partial charge in [0.05, 0.1) is 23.0 Å². The number of anilines is 1. The highest BCUT2D eigenvalue weighted by atomic mass is 16.3. The van der Waals surface area contributed by atoms with Gasteiger partial charge in [-0.2, -0.15) is 5.26 Å². The number of rotatable bonds is 5. The number of nitriles is 1. The first-order valence-corrected chi connectivity index (χ1v) is 12.2. The Balaban J connectivity index is 1.50. The van der Waals surface area contributed by atoms with Crippen LogP contribution < -0.4 is 10.5 Å². The molecule has 1 fully saturated rings. The Bertz CT molecular complexity index is 1620. The van der Waals surface area contributed by atoms with E-state index < -0.39 is 6.61 Å². The minimum atomic E-state index is -0.511. The summed E-state index contributed by atoms with van der Waals surface area (Å²) in [5, 5.41) is 30.0. The van der Waals surface area contributed by atoms with E-state index in [-0.39, 0.29) is 29.8 Å². The number of hydrogen-bond donors (Lipinski definition) is 2. The number of piperazine rings is 1. The van der Waals surface area contributed by atoms with E-state index >= 15 is 0 Å². The quantitative estimate of drug-likeness (QED) is 0.409. The van der Waals surface area contributed by atoms with Gasteiger partial charge in [0, 0.05) is 61.8 Å². The molecule has 5 rings (SSSR count). The van der Waals surface area contributed by atoms with Gasteiger partial charge in [0.15, 0.2) is 0 Å². The van der Waals surface area contributed by atoms with Gasteiger partial charge in [-0.05, 0) is 19.1 Å². The van der Waals surface area contributed by atoms with Crippen molar-refractivity contribution in [3.63, 3.8) is 0 Å². The number of phenolic OH excluding ortho intramolecular Hbond substituents is 1. The Morgan fingerprint density at radius 3 is 2.55 bits per heavy atom. The summed E-state index contributed by atoms with van der Waals surface area (Å²) in [5.74, 6) is 0.318. The van der Waals surface area contributed by atoms with E-state index in [1.807, 2.05) is 11.8 Å². The minimum Gasteiger partial charge on any atom is -0.508 e. The first-order valence-electron chi connectivity index (χ1n) is 12.2. The minimum absolute atomic E-state index is 0.0989. The molecular formula is C27H27N7O4. The van der Waals surface area contributed by atoms with Gasteiger partial charge in [0.25, 0.3) is 5.56 Å². The fourth-order valence-corrected chi connectivity index (χ4v) is 5.03. The lowest BCUT2D eigenvalue weighted by Gasteiger charge is -2.39. The number of benzene rings is 2. The molecule has 0 unspecified atom stereocenters. The summed E-state index contributed by atoms with van der Waals surface area (Å²) in [5.41, 5.74) is 2.39. The Hall–Kier alpha value is -4.69. The third-order valence-electron chi connectivity index (χ3n) is 7.06. The number of aliphatic hydroxyl groups is 1. The molecule has 0 saturated carbocycles. The fourth-order valence-electron chi connectivity index (χ4n) is 5.03. The standard InChI is InChI=1S/C27H27N7O4/c1-17-14-32(9-10-33(17)24(37)16-35)27-29-12-19(13-30-27)20-7-8-21-25(22(20)11-28)34(31(2)26(21)38)15-18-5-3-4-6-23(18)36/h3-8,12-13,17,35-36H,9-10,14-16H2,1-2H3/t17-/m1/s1. The van der Waals surface area contributed by atoms with E-state index in [2.05, 4.69) is 16.0 Å². The molecule has 0 bridgehead atoms. The number of aromatic hydroxyl groups is 1. The molecule has 1 saturated heterocycles. The Labute approximate surface area is 218 Å². The molecule has 2 N–H and O–H groups in total. The van der Waals surface area contributed by atoms with Crippen LogP contribution in [-0.4, -0.2) is 72.6 Å². The zero-order chi connectivity index (χ0) is 27.0. The van der Waals surface area contributed by atoms with E-state index in [0.717, 1.165) is 0 Å². The summed E-state index contributed by atoms with van der Waals surface area (Å²) in [6.45, 7) is 3.14. The average molecular weight is 514 g/mol. The van der Waals surface area contributed by atoms with Crippen molar-refractivity contribution >= 4 is 22.8 Å². The van der Waals surface area contributed by atoms with Crippen LogP contribution >= 0.6 is 0 Å². The largest absolute Gasteiger partial charge is 0.508 e. The second-order valence-electron chi connectivity index (χ2n) is 9.32. The molecule has 0 aliphatic carbocycles. The third-order valence-corrected chi connectivity index (χ3v) is 7.06. The van der Waals surface area contributed by atoms with Crippen LogP contribution in [0.25, 0.3) is 22.0 Å². The monoisotopic (exact) mass is 513 g/mol. The molecule has 194 valence electrons. The van der Waals surface area contributed by atoms with Crippen LogP contribution in [0.1, 0.15) is 18.1 Å². The number of amides is 1. The number of hydrogen-bond acceptors (Lipinski definition) is 8. The second kappa shape index (κ2) is 9.99. The maximum Gasteiger partial charge on any atom is 0.274 e. The van der Waals surface area contributed by atoms with Crippen LogP contribution in [0.2, 0.25) is 0 Å². The van der Waals surface area contributed by atoms with E-state index in [1.165, 1.54) is 4.68 Å². The van der Waals surface area contributed by atoms with Crippen molar-refractivity contribution in [2.45, 2.75) is 19.5 Å². The number of phenols is 1. The molecule has 1 atom stereocenters. The van der Waals surface area contributed by atoms with Crippen molar-refractivity contribution in [3.8, 4) is 22.9 Å². The Kier molecular flexibility index (Phi) is 6.57. The first-order chi connectivity index (χ1) is 18.3. The van der Waals surface area contributed by atoms with Crippen LogP contribution in [0.15, 0.2) is 53.6 Å². The number of para-hydroxylation sites is 1. The van der Waals surface area contributed by atoms with Gasteiger partial charge in [0.2, 0.25) is 11.9 Å². The Morgan fingerprint density at radius 2 is 1.89 bits per heavy atom. The molecule has 0 radical (unpaired) electrons. The number of carbonyl (C=O) groups is 1. The maximum atomic E-state index is 13.0. The van der Waals surface area contributed by atoms with Crippen LogP contribution in [0, 0.1) is 11.3 Å². The third kappa shape index (κ3) is 4.25. The van der Waals surface area contributed by atoms with Crippen molar-refractivity contribution in [1.82, 2.24) is 24.2 Å². The summed E-state index contributed by atoms with van der Waals surface area (Å²) >= 11 is 0. The molecule has 38 heavy (non-hydrogen) atoms. The van der Waals surface area contributed by atoms with Gasteiger partial charge in [0.1, 0.15) is 18.4 Å². The highest BCUT2D eigenvalue weighted by molar-refractivity contribution is 5.91. The fraction of sp³-hybridized carbons (Fsp3) is 0.296. The van der Waals surface area contributed by atoms with Gasteiger partial charge in [-0.15, -0.1) is 0 Å². The number of carbonyl (C=O) groups excluding carboxylic acids is 1. The average Bonchev–Trinajstić information content (AvgIpc) is 3.18. The molecule has 1 amide bonds. The molecular weight excluding hydrogens is 486 g/mol. The van der Waals surface area contributed by atoms with Crippen LogP contribution in [0.4, 0.5) is 5.95 Å². The van der Waals surface area contributed by atoms with Crippen molar-refractivity contribution < 1.29 is 15.0 Å². The van der Waals surface area contributed by atoms with Gasteiger partial charge >= 0.3 is 0 Å². The summed E-state index contributed by atoms with van der Waals surface area (Å²) in [7, 11) is 1.63. The lowest BCUT2D eigenvalue weighted by Crippen LogP contribution is -2.55. The molecule has 11 nitrogen and oxygen atoms in total. The summed E-state index contributed by atoms with van der Waals surface area (Å²) in [6.07, 6.45) is 3.29. The van der Waals surface area contributed by atoms with Crippen molar-refractivity contribution in [2.24, 2.45) is 7.05 Å².